The van der Waals surface area contributed by atoms with E-state index in [9.17, 15) is 4.79 Å². The maximum Gasteiger partial charge on any atom is 0.254 e. The highest BCUT2D eigenvalue weighted by atomic mass is 35.5. The molecule has 1 aromatic rings. The molecule has 1 rings (SSSR count). The van der Waals surface area contributed by atoms with Crippen molar-refractivity contribution in [1.29, 1.82) is 0 Å². The number of carbonyl (C=O) groups is 1. The molecular formula is C10H16ClN3O. The van der Waals surface area contributed by atoms with Crippen molar-refractivity contribution in [2.45, 2.75) is 25.6 Å². The number of carbonyl (C=O) groups excluding carboxylic acids is 1. The van der Waals surface area contributed by atoms with Gasteiger partial charge < -0.3 is 5.32 Å². The Morgan fingerprint density at radius 3 is 2.87 bits per heavy atom. The Morgan fingerprint density at radius 2 is 2.40 bits per heavy atom. The first-order valence-corrected chi connectivity index (χ1v) is 5.40. The first-order valence-electron chi connectivity index (χ1n) is 4.97. The first-order chi connectivity index (χ1) is 7.04. The number of aryl methyl sites for hydroxylation is 2. The minimum Gasteiger partial charge on any atom is -0.350 e. The Balaban J connectivity index is 2.58. The Morgan fingerprint density at radius 1 is 1.73 bits per heavy atom. The van der Waals surface area contributed by atoms with Gasteiger partial charge in [-0.2, -0.15) is 5.10 Å². The molecule has 1 N–H and O–H groups in total. The number of amides is 1. The van der Waals surface area contributed by atoms with Crippen molar-refractivity contribution in [3.05, 3.63) is 17.5 Å². The largest absolute Gasteiger partial charge is 0.350 e. The van der Waals surface area contributed by atoms with E-state index in [0.29, 0.717) is 12.1 Å². The van der Waals surface area contributed by atoms with Crippen LogP contribution in [0.3, 0.4) is 0 Å². The third kappa shape index (κ3) is 3.23. The topological polar surface area (TPSA) is 46.9 Å². The summed E-state index contributed by atoms with van der Waals surface area (Å²) in [4.78, 5) is 11.7. The molecule has 4 nitrogen and oxygen atoms in total. The fourth-order valence-electron chi connectivity index (χ4n) is 1.27. The zero-order valence-corrected chi connectivity index (χ0v) is 10.0. The molecule has 0 aliphatic heterocycles. The second-order valence-corrected chi connectivity index (χ2v) is 4.13. The van der Waals surface area contributed by atoms with Crippen LogP contribution in [0, 0.1) is 6.92 Å². The molecule has 84 valence electrons. The molecular weight excluding hydrogens is 214 g/mol. The summed E-state index contributed by atoms with van der Waals surface area (Å²) >= 11 is 5.91. The fraction of sp³-hybridized carbons (Fsp3) is 0.600. The number of rotatable bonds is 4. The lowest BCUT2D eigenvalue weighted by Gasteiger charge is -2.07. The minimum atomic E-state index is -0.111. The quantitative estimate of drug-likeness (QED) is 0.795. The summed E-state index contributed by atoms with van der Waals surface area (Å²) in [6.45, 7) is 4.29. The molecule has 1 heterocycles. The van der Waals surface area contributed by atoms with Crippen LogP contribution in [0.25, 0.3) is 0 Å². The van der Waals surface area contributed by atoms with Crippen LogP contribution in [-0.4, -0.2) is 27.6 Å². The summed E-state index contributed by atoms with van der Waals surface area (Å²) in [7, 11) is 1.79. The van der Waals surface area contributed by atoms with Crippen molar-refractivity contribution >= 4 is 17.5 Å². The average Bonchev–Trinajstić information content (AvgIpc) is 2.53. The van der Waals surface area contributed by atoms with Crippen LogP contribution in [0.15, 0.2) is 6.20 Å². The summed E-state index contributed by atoms with van der Waals surface area (Å²) < 4.78 is 1.63. The van der Waals surface area contributed by atoms with E-state index < -0.39 is 0 Å². The fourth-order valence-corrected chi connectivity index (χ4v) is 1.34. The van der Waals surface area contributed by atoms with E-state index in [2.05, 4.69) is 10.4 Å². The summed E-state index contributed by atoms with van der Waals surface area (Å²) in [6, 6.07) is 0. The van der Waals surface area contributed by atoms with Gasteiger partial charge in [0.25, 0.3) is 5.91 Å². The molecule has 15 heavy (non-hydrogen) atoms. The van der Waals surface area contributed by atoms with Gasteiger partial charge in [-0.05, 0) is 13.3 Å². The van der Waals surface area contributed by atoms with Gasteiger partial charge in [-0.3, -0.25) is 9.48 Å². The number of aromatic nitrogens is 2. The maximum absolute atomic E-state index is 11.7. The van der Waals surface area contributed by atoms with Crippen molar-refractivity contribution < 1.29 is 4.79 Å². The van der Waals surface area contributed by atoms with Gasteiger partial charge >= 0.3 is 0 Å². The molecule has 0 aromatic carbocycles. The molecule has 0 radical (unpaired) electrons. The minimum absolute atomic E-state index is 0.00840. The second kappa shape index (κ2) is 5.16. The van der Waals surface area contributed by atoms with E-state index in [0.717, 1.165) is 12.1 Å². The van der Waals surface area contributed by atoms with Crippen molar-refractivity contribution in [1.82, 2.24) is 15.1 Å². The lowest BCUT2D eigenvalue weighted by molar-refractivity contribution is 0.0953. The number of nitrogens with one attached hydrogen (secondary N) is 1. The van der Waals surface area contributed by atoms with Gasteiger partial charge in [0.05, 0.1) is 16.6 Å². The number of nitrogens with zero attached hydrogens (tertiary/aromatic N) is 2. The van der Waals surface area contributed by atoms with Crippen LogP contribution in [0.4, 0.5) is 0 Å². The molecule has 0 aliphatic carbocycles. The molecule has 0 saturated carbocycles. The van der Waals surface area contributed by atoms with Gasteiger partial charge in [0.2, 0.25) is 0 Å². The zero-order valence-electron chi connectivity index (χ0n) is 9.25. The van der Waals surface area contributed by atoms with E-state index in [1.54, 1.807) is 17.9 Å². The lowest BCUT2D eigenvalue weighted by atomic mass is 10.2. The maximum atomic E-state index is 11.7. The zero-order chi connectivity index (χ0) is 11.4. The number of hydrogen-bond acceptors (Lipinski definition) is 2. The average molecular weight is 230 g/mol. The molecule has 0 bridgehead atoms. The number of hydrogen-bond donors (Lipinski definition) is 1. The number of halogens is 1. The van der Waals surface area contributed by atoms with Gasteiger partial charge in [-0.25, -0.2) is 0 Å². The first kappa shape index (κ1) is 12.0. The molecule has 1 aromatic heterocycles. The summed E-state index contributed by atoms with van der Waals surface area (Å²) in [5.74, 6) is -0.111. The standard InChI is InChI=1S/C10H16ClN3O/c1-4-8(11)5-12-10(15)9-6-14(3)13-7(9)2/h6,8H,4-5H2,1-3H3,(H,12,15). The van der Waals surface area contributed by atoms with Crippen LogP contribution in [-0.2, 0) is 7.05 Å². The second-order valence-electron chi connectivity index (χ2n) is 3.52. The van der Waals surface area contributed by atoms with Gasteiger partial charge in [0, 0.05) is 19.8 Å². The monoisotopic (exact) mass is 229 g/mol. The molecule has 0 fully saturated rings. The van der Waals surface area contributed by atoms with Crippen molar-refractivity contribution in [3.8, 4) is 0 Å². The van der Waals surface area contributed by atoms with Crippen LogP contribution in [0.5, 0.6) is 0 Å². The molecule has 1 amide bonds. The molecule has 0 spiro atoms. The highest BCUT2D eigenvalue weighted by Crippen LogP contribution is 2.05. The van der Waals surface area contributed by atoms with E-state index in [-0.39, 0.29) is 11.3 Å². The highest BCUT2D eigenvalue weighted by Gasteiger charge is 2.12. The predicted molar refractivity (Wildman–Crippen MR) is 60.2 cm³/mol. The van der Waals surface area contributed by atoms with Crippen LogP contribution in [0.2, 0.25) is 0 Å². The van der Waals surface area contributed by atoms with Crippen molar-refractivity contribution in [2.24, 2.45) is 7.05 Å². The molecule has 1 unspecified atom stereocenters. The van der Waals surface area contributed by atoms with Crippen molar-refractivity contribution in [2.75, 3.05) is 6.54 Å². The third-order valence-electron chi connectivity index (χ3n) is 2.19. The lowest BCUT2D eigenvalue weighted by Crippen LogP contribution is -2.29. The van der Waals surface area contributed by atoms with E-state index in [1.165, 1.54) is 0 Å². The van der Waals surface area contributed by atoms with E-state index in [1.807, 2.05) is 13.8 Å². The summed E-state index contributed by atoms with van der Waals surface area (Å²) in [5.41, 5.74) is 1.34. The van der Waals surface area contributed by atoms with Gasteiger partial charge in [-0.15, -0.1) is 11.6 Å². The molecule has 5 heteroatoms. The Bertz CT molecular complexity index is 348. The van der Waals surface area contributed by atoms with E-state index in [4.69, 9.17) is 11.6 Å². The van der Waals surface area contributed by atoms with Gasteiger partial charge in [0.1, 0.15) is 0 Å². The SMILES string of the molecule is CCC(Cl)CNC(=O)c1cn(C)nc1C. The Labute approximate surface area is 94.6 Å². The molecule has 0 saturated heterocycles. The smallest absolute Gasteiger partial charge is 0.254 e. The highest BCUT2D eigenvalue weighted by molar-refractivity contribution is 6.20. The van der Waals surface area contributed by atoms with Gasteiger partial charge in [0.15, 0.2) is 0 Å². The van der Waals surface area contributed by atoms with Crippen LogP contribution >= 0.6 is 11.6 Å². The van der Waals surface area contributed by atoms with Gasteiger partial charge in [-0.1, -0.05) is 6.92 Å². The molecule has 1 atom stereocenters. The summed E-state index contributed by atoms with van der Waals surface area (Å²) in [5, 5.41) is 6.87. The van der Waals surface area contributed by atoms with Crippen LogP contribution < -0.4 is 5.32 Å². The predicted octanol–water partition coefficient (Wildman–Crippen LogP) is 1.48. The van der Waals surface area contributed by atoms with Crippen LogP contribution in [0.1, 0.15) is 29.4 Å². The normalized spacial score (nSPS) is 12.5. The third-order valence-corrected chi connectivity index (χ3v) is 2.65. The molecule has 0 aliphatic rings. The Hall–Kier alpha value is -1.03. The summed E-state index contributed by atoms with van der Waals surface area (Å²) in [6.07, 6.45) is 2.55. The van der Waals surface area contributed by atoms with Crippen molar-refractivity contribution in [3.63, 3.8) is 0 Å². The number of alkyl halides is 1. The van der Waals surface area contributed by atoms with E-state index >= 15 is 0 Å². The Kier molecular flexibility index (Phi) is 4.15.